The third-order valence-corrected chi connectivity index (χ3v) is 4.26. The van der Waals surface area contributed by atoms with Gasteiger partial charge in [0.1, 0.15) is 0 Å². The highest BCUT2D eigenvalue weighted by atomic mass is 15.3. The second-order valence-corrected chi connectivity index (χ2v) is 5.78. The molecule has 0 unspecified atom stereocenters. The number of rotatable bonds is 3. The lowest BCUT2D eigenvalue weighted by Crippen LogP contribution is -2.18. The molecule has 0 amide bonds. The molecule has 1 aromatic heterocycles. The minimum absolute atomic E-state index is 0.758. The molecule has 0 aliphatic carbocycles. The largest absolute Gasteiger partial charge is 0.289 e. The summed E-state index contributed by atoms with van der Waals surface area (Å²) in [5.74, 6) is 0. The van der Waals surface area contributed by atoms with Crippen LogP contribution in [0.15, 0.2) is 60.8 Å². The van der Waals surface area contributed by atoms with Gasteiger partial charge in [-0.15, -0.1) is 0 Å². The van der Waals surface area contributed by atoms with Crippen LogP contribution in [0, 0.1) is 11.3 Å². The molecule has 0 bridgehead atoms. The van der Waals surface area contributed by atoms with Gasteiger partial charge in [-0.25, -0.2) is 4.68 Å². The minimum Gasteiger partial charge on any atom is -0.289 e. The van der Waals surface area contributed by atoms with Gasteiger partial charge in [-0.1, -0.05) is 36.4 Å². The molecule has 1 aliphatic heterocycles. The molecule has 0 atom stereocenters. The second kappa shape index (κ2) is 5.71. The van der Waals surface area contributed by atoms with Gasteiger partial charge in [0.15, 0.2) is 0 Å². The van der Waals surface area contributed by atoms with Gasteiger partial charge in [0.25, 0.3) is 0 Å². The van der Waals surface area contributed by atoms with Crippen LogP contribution in [0.25, 0.3) is 5.69 Å². The standard InChI is InChI=1S/C19H16N4/c20-10-15-6-4-5-7-16(15)12-22-13-17-11-21-23(19(17)14-22)18-8-2-1-3-9-18/h1-9,11H,12-14H2. The van der Waals surface area contributed by atoms with Gasteiger partial charge >= 0.3 is 0 Å². The summed E-state index contributed by atoms with van der Waals surface area (Å²) in [4.78, 5) is 2.35. The van der Waals surface area contributed by atoms with E-state index in [2.05, 4.69) is 28.2 Å². The third-order valence-electron chi connectivity index (χ3n) is 4.26. The van der Waals surface area contributed by atoms with Crippen molar-refractivity contribution in [1.29, 1.82) is 5.26 Å². The first-order valence-corrected chi connectivity index (χ1v) is 7.67. The summed E-state index contributed by atoms with van der Waals surface area (Å²) in [6, 6.07) is 20.3. The molecule has 4 rings (SSSR count). The predicted molar refractivity (Wildman–Crippen MR) is 87.7 cm³/mol. The van der Waals surface area contributed by atoms with Crippen LogP contribution in [0.4, 0.5) is 0 Å². The number of nitriles is 1. The first-order chi connectivity index (χ1) is 11.3. The monoisotopic (exact) mass is 300 g/mol. The van der Waals surface area contributed by atoms with Crippen LogP contribution in [-0.2, 0) is 19.6 Å². The Kier molecular flexibility index (Phi) is 3.41. The molecule has 0 saturated heterocycles. The Bertz CT molecular complexity index is 874. The topological polar surface area (TPSA) is 44.9 Å². The maximum atomic E-state index is 9.24. The lowest BCUT2D eigenvalue weighted by Gasteiger charge is -2.16. The Labute approximate surface area is 135 Å². The van der Waals surface area contributed by atoms with Gasteiger partial charge in [-0.3, -0.25) is 4.90 Å². The first kappa shape index (κ1) is 13.7. The fourth-order valence-electron chi connectivity index (χ4n) is 3.13. The molecule has 1 aliphatic rings. The van der Waals surface area contributed by atoms with Gasteiger partial charge in [0.05, 0.1) is 29.2 Å². The SMILES string of the molecule is N#Cc1ccccc1CN1Cc2cnn(-c3ccccc3)c2C1. The molecular formula is C19H16N4. The van der Waals surface area contributed by atoms with Crippen molar-refractivity contribution in [3.05, 3.63) is 83.2 Å². The molecule has 2 aromatic carbocycles. The van der Waals surface area contributed by atoms with E-state index in [0.717, 1.165) is 36.4 Å². The van der Waals surface area contributed by atoms with Crippen LogP contribution < -0.4 is 0 Å². The van der Waals surface area contributed by atoms with E-state index in [9.17, 15) is 5.26 Å². The van der Waals surface area contributed by atoms with Crippen molar-refractivity contribution in [2.75, 3.05) is 0 Å². The molecule has 112 valence electrons. The average Bonchev–Trinajstić information content (AvgIpc) is 3.16. The van der Waals surface area contributed by atoms with Crippen LogP contribution in [0.3, 0.4) is 0 Å². The van der Waals surface area contributed by atoms with Gasteiger partial charge in [0.2, 0.25) is 0 Å². The molecule has 4 heteroatoms. The Morgan fingerprint density at radius 1 is 1.00 bits per heavy atom. The van der Waals surface area contributed by atoms with Crippen molar-refractivity contribution < 1.29 is 0 Å². The number of hydrogen-bond acceptors (Lipinski definition) is 3. The quantitative estimate of drug-likeness (QED) is 0.746. The highest BCUT2D eigenvalue weighted by Gasteiger charge is 2.24. The van der Waals surface area contributed by atoms with E-state index in [1.165, 1.54) is 11.3 Å². The third kappa shape index (κ3) is 2.52. The van der Waals surface area contributed by atoms with Crippen molar-refractivity contribution in [3.8, 4) is 11.8 Å². The molecule has 0 fully saturated rings. The number of benzene rings is 2. The van der Waals surface area contributed by atoms with E-state index in [-0.39, 0.29) is 0 Å². The van der Waals surface area contributed by atoms with E-state index in [1.807, 2.05) is 53.3 Å². The van der Waals surface area contributed by atoms with E-state index >= 15 is 0 Å². The molecule has 0 N–H and O–H groups in total. The summed E-state index contributed by atoms with van der Waals surface area (Å²) in [6.07, 6.45) is 1.96. The van der Waals surface area contributed by atoms with Crippen molar-refractivity contribution in [2.45, 2.75) is 19.6 Å². The normalized spacial score (nSPS) is 13.7. The van der Waals surface area contributed by atoms with Gasteiger partial charge in [0, 0.05) is 25.2 Å². The zero-order valence-corrected chi connectivity index (χ0v) is 12.7. The highest BCUT2D eigenvalue weighted by Crippen LogP contribution is 2.26. The van der Waals surface area contributed by atoms with Crippen LogP contribution in [0.2, 0.25) is 0 Å². The zero-order valence-electron chi connectivity index (χ0n) is 12.7. The minimum atomic E-state index is 0.758. The summed E-state index contributed by atoms with van der Waals surface area (Å²) in [6.45, 7) is 2.51. The molecule has 4 nitrogen and oxygen atoms in total. The summed E-state index contributed by atoms with van der Waals surface area (Å²) >= 11 is 0. The number of nitrogens with zero attached hydrogens (tertiary/aromatic N) is 4. The van der Waals surface area contributed by atoms with Crippen LogP contribution in [0.1, 0.15) is 22.4 Å². The Morgan fingerprint density at radius 3 is 2.61 bits per heavy atom. The summed E-state index contributed by atoms with van der Waals surface area (Å²) in [5, 5.41) is 13.8. The predicted octanol–water partition coefficient (Wildman–Crippen LogP) is 3.26. The van der Waals surface area contributed by atoms with Crippen molar-refractivity contribution >= 4 is 0 Å². The van der Waals surface area contributed by atoms with E-state index in [1.54, 1.807) is 0 Å². The first-order valence-electron chi connectivity index (χ1n) is 7.67. The molecule has 0 spiro atoms. The summed E-state index contributed by atoms with van der Waals surface area (Å²) in [7, 11) is 0. The van der Waals surface area contributed by atoms with Gasteiger partial charge in [-0.05, 0) is 23.8 Å². The summed E-state index contributed by atoms with van der Waals surface area (Å²) in [5.41, 5.74) is 5.44. The Hall–Kier alpha value is -2.90. The fourth-order valence-corrected chi connectivity index (χ4v) is 3.13. The summed E-state index contributed by atoms with van der Waals surface area (Å²) < 4.78 is 2.02. The Morgan fingerprint density at radius 2 is 1.78 bits per heavy atom. The second-order valence-electron chi connectivity index (χ2n) is 5.78. The molecule has 3 aromatic rings. The van der Waals surface area contributed by atoms with E-state index in [0.29, 0.717) is 0 Å². The fraction of sp³-hybridized carbons (Fsp3) is 0.158. The zero-order chi connectivity index (χ0) is 15.6. The van der Waals surface area contributed by atoms with E-state index < -0.39 is 0 Å². The van der Waals surface area contributed by atoms with Gasteiger partial charge < -0.3 is 0 Å². The maximum absolute atomic E-state index is 9.24. The van der Waals surface area contributed by atoms with Gasteiger partial charge in [-0.2, -0.15) is 10.4 Å². The molecular weight excluding hydrogens is 284 g/mol. The van der Waals surface area contributed by atoms with Crippen LogP contribution in [0.5, 0.6) is 0 Å². The number of hydrogen-bond donors (Lipinski definition) is 0. The van der Waals surface area contributed by atoms with Crippen LogP contribution in [-0.4, -0.2) is 14.7 Å². The smallest absolute Gasteiger partial charge is 0.0995 e. The number of fused-ring (bicyclic) bond motifs is 1. The van der Waals surface area contributed by atoms with E-state index in [4.69, 9.17) is 0 Å². The highest BCUT2D eigenvalue weighted by molar-refractivity contribution is 5.39. The molecule has 0 saturated carbocycles. The molecule has 23 heavy (non-hydrogen) atoms. The van der Waals surface area contributed by atoms with Crippen molar-refractivity contribution in [3.63, 3.8) is 0 Å². The van der Waals surface area contributed by atoms with Crippen molar-refractivity contribution in [1.82, 2.24) is 14.7 Å². The lowest BCUT2D eigenvalue weighted by atomic mass is 10.1. The molecule has 0 radical (unpaired) electrons. The number of para-hydroxylation sites is 1. The number of aromatic nitrogens is 2. The molecule has 2 heterocycles. The van der Waals surface area contributed by atoms with Crippen LogP contribution >= 0.6 is 0 Å². The van der Waals surface area contributed by atoms with Crippen molar-refractivity contribution in [2.24, 2.45) is 0 Å². The lowest BCUT2D eigenvalue weighted by molar-refractivity contribution is 0.270. The maximum Gasteiger partial charge on any atom is 0.0995 e. The average molecular weight is 300 g/mol. The Balaban J connectivity index is 1.57.